The second-order valence-corrected chi connectivity index (χ2v) is 3.49. The van der Waals surface area contributed by atoms with Gasteiger partial charge in [0.25, 0.3) is 0 Å². The van der Waals surface area contributed by atoms with Gasteiger partial charge in [0.05, 0.1) is 20.1 Å². The first-order chi connectivity index (χ1) is 7.67. The summed E-state index contributed by atoms with van der Waals surface area (Å²) in [4.78, 5) is 17.3. The van der Waals surface area contributed by atoms with E-state index < -0.39 is 0 Å². The number of aryl methyl sites for hydroxylation is 1. The lowest BCUT2D eigenvalue weighted by molar-refractivity contribution is -0.141. The van der Waals surface area contributed by atoms with Crippen molar-refractivity contribution in [3.63, 3.8) is 0 Å². The molecule has 0 bridgehead atoms. The highest BCUT2D eigenvalue weighted by molar-refractivity contribution is 5.69. The second-order valence-electron chi connectivity index (χ2n) is 3.49. The fraction of sp³-hybridized carbons (Fsp3) is 0.700. The number of hydrogen-bond acceptors (Lipinski definition) is 5. The summed E-state index contributed by atoms with van der Waals surface area (Å²) in [5.74, 6) is 0.711. The maximum atomic E-state index is 11.0. The van der Waals surface area contributed by atoms with Gasteiger partial charge in [0.15, 0.2) is 0 Å². The highest BCUT2D eigenvalue weighted by Gasteiger charge is 2.10. The van der Waals surface area contributed by atoms with Gasteiger partial charge in [-0.25, -0.2) is 4.98 Å². The molecule has 0 aliphatic rings. The van der Waals surface area contributed by atoms with Gasteiger partial charge >= 0.3 is 5.97 Å². The van der Waals surface area contributed by atoms with Crippen molar-refractivity contribution >= 4 is 5.97 Å². The second kappa shape index (κ2) is 6.22. The molecule has 0 saturated heterocycles. The van der Waals surface area contributed by atoms with Crippen molar-refractivity contribution in [3.05, 3.63) is 12.2 Å². The molecule has 16 heavy (non-hydrogen) atoms. The van der Waals surface area contributed by atoms with Crippen LogP contribution in [0.25, 0.3) is 0 Å². The van der Waals surface area contributed by atoms with Crippen molar-refractivity contribution in [3.8, 4) is 0 Å². The molecule has 0 spiro atoms. The molecule has 1 rings (SSSR count). The minimum absolute atomic E-state index is 0.184. The summed E-state index contributed by atoms with van der Waals surface area (Å²) in [6.07, 6.45) is 1.94. The van der Waals surface area contributed by atoms with Gasteiger partial charge in [-0.3, -0.25) is 14.4 Å². The van der Waals surface area contributed by atoms with Crippen LogP contribution in [-0.2, 0) is 23.1 Å². The predicted molar refractivity (Wildman–Crippen MR) is 58.6 cm³/mol. The number of esters is 1. The zero-order chi connectivity index (χ0) is 12.0. The van der Waals surface area contributed by atoms with Crippen LogP contribution < -0.4 is 0 Å². The van der Waals surface area contributed by atoms with Gasteiger partial charge < -0.3 is 4.74 Å². The number of hydrogen-bond donors (Lipinski definition) is 0. The first-order valence-electron chi connectivity index (χ1n) is 5.29. The summed E-state index contributed by atoms with van der Waals surface area (Å²) in [5, 5.41) is 4.00. The number of aromatic nitrogens is 3. The van der Waals surface area contributed by atoms with Crippen LogP contribution in [0.4, 0.5) is 0 Å². The lowest BCUT2D eigenvalue weighted by atomic mass is 10.3. The van der Waals surface area contributed by atoms with E-state index in [-0.39, 0.29) is 5.97 Å². The van der Waals surface area contributed by atoms with Crippen molar-refractivity contribution in [1.29, 1.82) is 0 Å². The fourth-order valence-corrected chi connectivity index (χ4v) is 1.36. The van der Waals surface area contributed by atoms with Gasteiger partial charge in [0.2, 0.25) is 0 Å². The Balaban J connectivity index is 2.43. The van der Waals surface area contributed by atoms with Crippen molar-refractivity contribution in [1.82, 2.24) is 19.7 Å². The smallest absolute Gasteiger partial charge is 0.306 e. The Bertz CT molecular complexity index is 337. The first-order valence-corrected chi connectivity index (χ1v) is 5.29. The minimum Gasteiger partial charge on any atom is -0.469 e. The lowest BCUT2D eigenvalue weighted by Gasteiger charge is -2.18. The monoisotopic (exact) mass is 226 g/mol. The molecule has 0 saturated carbocycles. The normalized spacial score (nSPS) is 10.8. The Kier molecular flexibility index (Phi) is 4.91. The van der Waals surface area contributed by atoms with E-state index in [9.17, 15) is 4.79 Å². The minimum atomic E-state index is -0.184. The van der Waals surface area contributed by atoms with Crippen LogP contribution in [0.5, 0.6) is 0 Å². The molecule has 0 radical (unpaired) electrons. The summed E-state index contributed by atoms with van der Waals surface area (Å²) in [5.41, 5.74) is 0. The molecule has 0 atom stereocenters. The van der Waals surface area contributed by atoms with Crippen LogP contribution in [0, 0.1) is 0 Å². The lowest BCUT2D eigenvalue weighted by Crippen LogP contribution is -2.27. The van der Waals surface area contributed by atoms with Crippen molar-refractivity contribution in [2.75, 3.05) is 20.2 Å². The molecule has 0 aliphatic carbocycles. The first kappa shape index (κ1) is 12.6. The van der Waals surface area contributed by atoms with E-state index >= 15 is 0 Å². The number of rotatable bonds is 6. The molecule has 6 nitrogen and oxygen atoms in total. The van der Waals surface area contributed by atoms with E-state index in [2.05, 4.69) is 19.7 Å². The Morgan fingerprint density at radius 2 is 2.38 bits per heavy atom. The number of methoxy groups -OCH3 is 1. The van der Waals surface area contributed by atoms with E-state index in [1.807, 2.05) is 14.0 Å². The topological polar surface area (TPSA) is 60.3 Å². The maximum Gasteiger partial charge on any atom is 0.306 e. The molecule has 0 N–H and O–H groups in total. The molecule has 0 aromatic carbocycles. The Hall–Kier alpha value is -1.43. The molecule has 0 fully saturated rings. The fourth-order valence-electron chi connectivity index (χ4n) is 1.36. The average Bonchev–Trinajstić information content (AvgIpc) is 2.69. The maximum absolute atomic E-state index is 11.0. The van der Waals surface area contributed by atoms with Crippen molar-refractivity contribution < 1.29 is 9.53 Å². The van der Waals surface area contributed by atoms with Crippen LogP contribution in [-0.4, -0.2) is 45.8 Å². The van der Waals surface area contributed by atoms with Crippen LogP contribution in [0.1, 0.15) is 19.2 Å². The molecular weight excluding hydrogens is 208 g/mol. The number of carbonyl (C=O) groups excluding carboxylic acids is 1. The van der Waals surface area contributed by atoms with Gasteiger partial charge in [-0.05, 0) is 6.54 Å². The third-order valence-electron chi connectivity index (χ3n) is 2.48. The summed E-state index contributed by atoms with van der Waals surface area (Å²) >= 11 is 0. The van der Waals surface area contributed by atoms with E-state index in [0.717, 1.165) is 12.4 Å². The van der Waals surface area contributed by atoms with Gasteiger partial charge in [0.1, 0.15) is 12.2 Å². The van der Waals surface area contributed by atoms with E-state index in [1.54, 1.807) is 4.68 Å². The zero-order valence-corrected chi connectivity index (χ0v) is 10.0. The standard InChI is InChI=1S/C10H18N4O2/c1-4-14(6-5-10(15)16-3)7-9-11-8-12-13(9)2/h8H,4-7H2,1-3H3. The third kappa shape index (κ3) is 3.62. The molecule has 1 heterocycles. The highest BCUT2D eigenvalue weighted by atomic mass is 16.5. The molecule has 0 amide bonds. The molecule has 1 aromatic heterocycles. The van der Waals surface area contributed by atoms with Crippen LogP contribution >= 0.6 is 0 Å². The highest BCUT2D eigenvalue weighted by Crippen LogP contribution is 2.01. The molecule has 0 unspecified atom stereocenters. The van der Waals surface area contributed by atoms with Crippen LogP contribution in [0.3, 0.4) is 0 Å². The average molecular weight is 226 g/mol. The Morgan fingerprint density at radius 3 is 2.88 bits per heavy atom. The quantitative estimate of drug-likeness (QED) is 0.648. The molecular formula is C10H18N4O2. The number of nitrogens with zero attached hydrogens (tertiary/aromatic N) is 4. The Labute approximate surface area is 95.2 Å². The summed E-state index contributed by atoms with van der Waals surface area (Å²) in [6, 6.07) is 0. The van der Waals surface area contributed by atoms with Gasteiger partial charge in [-0.15, -0.1) is 0 Å². The third-order valence-corrected chi connectivity index (χ3v) is 2.48. The predicted octanol–water partition coefficient (Wildman–Crippen LogP) is 0.200. The Morgan fingerprint density at radius 1 is 1.62 bits per heavy atom. The molecule has 90 valence electrons. The summed E-state index contributed by atoms with van der Waals surface area (Å²) in [7, 11) is 3.26. The van der Waals surface area contributed by atoms with Gasteiger partial charge in [-0.1, -0.05) is 6.92 Å². The number of carbonyl (C=O) groups is 1. The summed E-state index contributed by atoms with van der Waals surface area (Å²) < 4.78 is 6.34. The van der Waals surface area contributed by atoms with Crippen molar-refractivity contribution in [2.45, 2.75) is 19.9 Å². The summed E-state index contributed by atoms with van der Waals surface area (Å²) in [6.45, 7) is 4.29. The zero-order valence-electron chi connectivity index (χ0n) is 10.0. The van der Waals surface area contributed by atoms with E-state index in [4.69, 9.17) is 0 Å². The number of ether oxygens (including phenoxy) is 1. The van der Waals surface area contributed by atoms with Gasteiger partial charge in [0, 0.05) is 13.6 Å². The van der Waals surface area contributed by atoms with E-state index in [1.165, 1.54) is 13.4 Å². The van der Waals surface area contributed by atoms with E-state index in [0.29, 0.717) is 19.5 Å². The van der Waals surface area contributed by atoms with Crippen molar-refractivity contribution in [2.24, 2.45) is 7.05 Å². The van der Waals surface area contributed by atoms with Crippen LogP contribution in [0.15, 0.2) is 6.33 Å². The van der Waals surface area contributed by atoms with Gasteiger partial charge in [-0.2, -0.15) is 5.10 Å². The molecule has 1 aromatic rings. The molecule has 0 aliphatic heterocycles. The molecule has 6 heteroatoms. The SMILES string of the molecule is CCN(CCC(=O)OC)Cc1ncnn1C. The largest absolute Gasteiger partial charge is 0.469 e. The van der Waals surface area contributed by atoms with Crippen LogP contribution in [0.2, 0.25) is 0 Å².